The molecule has 1 aromatic rings. The van der Waals surface area contributed by atoms with Crippen LogP contribution in [0.3, 0.4) is 0 Å². The topological polar surface area (TPSA) is 52.6 Å². The fourth-order valence-corrected chi connectivity index (χ4v) is 2.12. The summed E-state index contributed by atoms with van der Waals surface area (Å²) in [5.41, 5.74) is 0.250. The molecule has 0 saturated heterocycles. The van der Waals surface area contributed by atoms with Gasteiger partial charge in [-0.15, -0.1) is 0 Å². The molecule has 1 saturated carbocycles. The molecule has 102 valence electrons. The van der Waals surface area contributed by atoms with Crippen molar-refractivity contribution in [1.82, 2.24) is 0 Å². The van der Waals surface area contributed by atoms with Crippen LogP contribution in [0.1, 0.15) is 36.5 Å². The summed E-state index contributed by atoms with van der Waals surface area (Å²) in [6.07, 6.45) is 3.27. The van der Waals surface area contributed by atoms with E-state index in [0.717, 1.165) is 23.7 Å². The molecular weight excluding hydrogens is 312 g/mol. The highest BCUT2D eigenvalue weighted by Crippen LogP contribution is 2.30. The van der Waals surface area contributed by atoms with Crippen LogP contribution < -0.4 is 4.74 Å². The van der Waals surface area contributed by atoms with E-state index < -0.39 is 11.8 Å². The summed E-state index contributed by atoms with van der Waals surface area (Å²) in [7, 11) is 0. The van der Waals surface area contributed by atoms with E-state index in [9.17, 15) is 9.59 Å². The Hall–Kier alpha value is -1.36. The van der Waals surface area contributed by atoms with Crippen LogP contribution in [-0.2, 0) is 9.53 Å². The van der Waals surface area contributed by atoms with Crippen LogP contribution in [0.2, 0.25) is 0 Å². The molecular formula is C14H15BrO4. The third-order valence-corrected chi connectivity index (χ3v) is 3.49. The van der Waals surface area contributed by atoms with Gasteiger partial charge in [-0.25, -0.2) is 4.79 Å². The second-order valence-electron chi connectivity index (χ2n) is 4.36. The Labute approximate surface area is 120 Å². The summed E-state index contributed by atoms with van der Waals surface area (Å²) >= 11 is 3.29. The Morgan fingerprint density at radius 1 is 1.37 bits per heavy atom. The third kappa shape index (κ3) is 3.35. The molecule has 1 aliphatic rings. The molecule has 0 N–H and O–H groups in total. The number of carbonyl (C=O) groups is 2. The first-order chi connectivity index (χ1) is 9.11. The zero-order chi connectivity index (χ0) is 13.8. The van der Waals surface area contributed by atoms with Crippen molar-refractivity contribution in [3.8, 4) is 5.75 Å². The van der Waals surface area contributed by atoms with Gasteiger partial charge >= 0.3 is 5.97 Å². The number of halogens is 1. The molecule has 1 aliphatic carbocycles. The van der Waals surface area contributed by atoms with E-state index in [1.807, 2.05) is 0 Å². The lowest BCUT2D eigenvalue weighted by Gasteiger charge is -2.27. The zero-order valence-corrected chi connectivity index (χ0v) is 12.2. The van der Waals surface area contributed by atoms with E-state index in [0.29, 0.717) is 5.75 Å². The van der Waals surface area contributed by atoms with Gasteiger partial charge in [0.15, 0.2) is 0 Å². The highest BCUT2D eigenvalue weighted by molar-refractivity contribution is 9.10. The summed E-state index contributed by atoms with van der Waals surface area (Å²) in [6, 6.07) is 5.08. The first kappa shape index (κ1) is 14.1. The van der Waals surface area contributed by atoms with Crippen LogP contribution in [0, 0.1) is 0 Å². The molecule has 2 rings (SSSR count). The fraction of sp³-hybridized carbons (Fsp3) is 0.429. The predicted octanol–water partition coefficient (Wildman–Crippen LogP) is 3.13. The van der Waals surface area contributed by atoms with Gasteiger partial charge in [0.1, 0.15) is 5.75 Å². The number of rotatable bonds is 5. The molecule has 0 aromatic heterocycles. The molecule has 0 amide bonds. The molecule has 0 unspecified atom stereocenters. The van der Waals surface area contributed by atoms with Crippen molar-refractivity contribution in [2.45, 2.75) is 32.3 Å². The minimum absolute atomic E-state index is 0.148. The van der Waals surface area contributed by atoms with E-state index in [-0.39, 0.29) is 18.3 Å². The largest absolute Gasteiger partial charge is 0.490 e. The molecule has 0 aliphatic heterocycles. The summed E-state index contributed by atoms with van der Waals surface area (Å²) in [5, 5.41) is 0. The van der Waals surface area contributed by atoms with Gasteiger partial charge in [0, 0.05) is 4.47 Å². The first-order valence-corrected chi connectivity index (χ1v) is 7.08. The Balaban J connectivity index is 2.22. The number of carbonyl (C=O) groups excluding carboxylic acids is 2. The van der Waals surface area contributed by atoms with Crippen molar-refractivity contribution in [2.24, 2.45) is 0 Å². The van der Waals surface area contributed by atoms with Crippen molar-refractivity contribution in [3.05, 3.63) is 28.2 Å². The van der Waals surface area contributed by atoms with Crippen molar-refractivity contribution >= 4 is 27.7 Å². The van der Waals surface area contributed by atoms with E-state index >= 15 is 0 Å². The number of ether oxygens (including phenoxy) is 2. The van der Waals surface area contributed by atoms with E-state index in [1.54, 1.807) is 25.1 Å². The molecule has 5 heteroatoms. The lowest BCUT2D eigenvalue weighted by Crippen LogP contribution is -2.26. The van der Waals surface area contributed by atoms with E-state index in [2.05, 4.69) is 15.9 Å². The van der Waals surface area contributed by atoms with Crippen molar-refractivity contribution in [3.63, 3.8) is 0 Å². The van der Waals surface area contributed by atoms with Gasteiger partial charge in [-0.1, -0.05) is 15.9 Å². The summed E-state index contributed by atoms with van der Waals surface area (Å²) in [5.74, 6) is -1.07. The van der Waals surface area contributed by atoms with Crippen LogP contribution in [0.25, 0.3) is 0 Å². The quantitative estimate of drug-likeness (QED) is 0.474. The lowest BCUT2D eigenvalue weighted by atomic mass is 9.96. The third-order valence-electron chi connectivity index (χ3n) is 2.99. The van der Waals surface area contributed by atoms with Crippen molar-refractivity contribution < 1.29 is 19.1 Å². The van der Waals surface area contributed by atoms with Gasteiger partial charge in [0.05, 0.1) is 18.3 Å². The number of benzene rings is 1. The van der Waals surface area contributed by atoms with Crippen LogP contribution in [0.5, 0.6) is 5.75 Å². The summed E-state index contributed by atoms with van der Waals surface area (Å²) in [6.45, 7) is 1.84. The summed E-state index contributed by atoms with van der Waals surface area (Å²) in [4.78, 5) is 23.6. The van der Waals surface area contributed by atoms with E-state index in [1.165, 1.54) is 0 Å². The molecule has 1 aromatic carbocycles. The van der Waals surface area contributed by atoms with Crippen molar-refractivity contribution in [1.29, 1.82) is 0 Å². The second kappa shape index (κ2) is 6.19. The molecule has 4 nitrogen and oxygen atoms in total. The Kier molecular flexibility index (Phi) is 4.58. The Bertz CT molecular complexity index is 494. The minimum Gasteiger partial charge on any atom is -0.490 e. The standard InChI is InChI=1S/C14H15BrO4/c1-2-18-14(17)13(16)11-8-9(15)6-7-12(11)19-10-4-3-5-10/h6-8,10H,2-5H2,1H3. The molecule has 0 atom stereocenters. The monoisotopic (exact) mass is 326 g/mol. The van der Waals surface area contributed by atoms with Gasteiger partial charge in [0.2, 0.25) is 0 Å². The molecule has 0 radical (unpaired) electrons. The number of esters is 1. The van der Waals surface area contributed by atoms with Gasteiger partial charge in [-0.05, 0) is 44.4 Å². The normalized spacial score (nSPS) is 14.6. The maximum absolute atomic E-state index is 12.0. The van der Waals surface area contributed by atoms with Crippen LogP contribution >= 0.6 is 15.9 Å². The second-order valence-corrected chi connectivity index (χ2v) is 5.28. The highest BCUT2D eigenvalue weighted by atomic mass is 79.9. The Morgan fingerprint density at radius 3 is 2.68 bits per heavy atom. The average Bonchev–Trinajstić information content (AvgIpc) is 2.34. The predicted molar refractivity (Wildman–Crippen MR) is 73.4 cm³/mol. The minimum atomic E-state index is -0.848. The van der Waals surface area contributed by atoms with Crippen molar-refractivity contribution in [2.75, 3.05) is 6.61 Å². The Morgan fingerprint density at radius 2 is 2.11 bits per heavy atom. The smallest absolute Gasteiger partial charge is 0.379 e. The molecule has 19 heavy (non-hydrogen) atoms. The highest BCUT2D eigenvalue weighted by Gasteiger charge is 2.25. The fourth-order valence-electron chi connectivity index (χ4n) is 1.76. The SMILES string of the molecule is CCOC(=O)C(=O)c1cc(Br)ccc1OC1CCC1. The van der Waals surface area contributed by atoms with Gasteiger partial charge in [-0.2, -0.15) is 0 Å². The maximum Gasteiger partial charge on any atom is 0.379 e. The van der Waals surface area contributed by atoms with Gasteiger partial charge < -0.3 is 9.47 Å². The molecule has 0 heterocycles. The molecule has 0 spiro atoms. The lowest BCUT2D eigenvalue weighted by molar-refractivity contribution is -0.137. The number of Topliss-reactive ketones (excluding diaryl/α,β-unsaturated/α-hetero) is 1. The van der Waals surface area contributed by atoms with Gasteiger partial charge in [0.25, 0.3) is 5.78 Å². The zero-order valence-electron chi connectivity index (χ0n) is 10.6. The molecule has 0 bridgehead atoms. The average molecular weight is 327 g/mol. The first-order valence-electron chi connectivity index (χ1n) is 6.29. The summed E-state index contributed by atoms with van der Waals surface area (Å²) < 4.78 is 11.2. The number of ketones is 1. The van der Waals surface area contributed by atoms with Crippen LogP contribution in [0.15, 0.2) is 22.7 Å². The van der Waals surface area contributed by atoms with Crippen LogP contribution in [-0.4, -0.2) is 24.5 Å². The molecule has 1 fully saturated rings. The van der Waals surface area contributed by atoms with Gasteiger partial charge in [-0.3, -0.25) is 4.79 Å². The van der Waals surface area contributed by atoms with Crippen LogP contribution in [0.4, 0.5) is 0 Å². The van der Waals surface area contributed by atoms with E-state index in [4.69, 9.17) is 9.47 Å². The number of hydrogen-bond acceptors (Lipinski definition) is 4. The number of hydrogen-bond donors (Lipinski definition) is 0. The maximum atomic E-state index is 12.0.